The van der Waals surface area contributed by atoms with Crippen LogP contribution in [0.3, 0.4) is 0 Å². The summed E-state index contributed by atoms with van der Waals surface area (Å²) in [6, 6.07) is -0.0490. The first-order valence-electron chi connectivity index (χ1n) is 8.47. The molecule has 0 aromatic rings. The molecular weight excluding hydrogens is 302 g/mol. The van der Waals surface area contributed by atoms with Gasteiger partial charge < -0.3 is 11.1 Å². The Morgan fingerprint density at radius 3 is 2.45 bits per heavy atom. The van der Waals surface area contributed by atoms with Crippen molar-refractivity contribution in [2.45, 2.75) is 44.6 Å². The zero-order chi connectivity index (χ0) is 15.7. The molecule has 0 radical (unpaired) electrons. The van der Waals surface area contributed by atoms with Crippen LogP contribution in [0.25, 0.3) is 0 Å². The second kappa shape index (κ2) is 6.45. The lowest BCUT2D eigenvalue weighted by Gasteiger charge is -2.27. The molecular formula is C15H27N3O3S. The van der Waals surface area contributed by atoms with Crippen LogP contribution in [0.5, 0.6) is 0 Å². The first kappa shape index (κ1) is 16.2. The van der Waals surface area contributed by atoms with Crippen LogP contribution in [0.2, 0.25) is 0 Å². The Morgan fingerprint density at radius 1 is 1.14 bits per heavy atom. The van der Waals surface area contributed by atoms with Crippen molar-refractivity contribution in [2.75, 3.05) is 18.8 Å². The third-order valence-corrected chi connectivity index (χ3v) is 7.12. The van der Waals surface area contributed by atoms with Crippen LogP contribution in [-0.4, -0.2) is 39.2 Å². The number of carbonyl (C=O) groups excluding carboxylic acids is 1. The van der Waals surface area contributed by atoms with Crippen LogP contribution in [0.4, 0.5) is 0 Å². The first-order valence-corrected chi connectivity index (χ1v) is 10.1. The van der Waals surface area contributed by atoms with Gasteiger partial charge in [-0.1, -0.05) is 6.42 Å². The Balaban J connectivity index is 1.39. The van der Waals surface area contributed by atoms with Crippen molar-refractivity contribution in [3.63, 3.8) is 0 Å². The lowest BCUT2D eigenvalue weighted by Crippen LogP contribution is -2.46. The molecule has 4 N–H and O–H groups in total. The van der Waals surface area contributed by atoms with E-state index < -0.39 is 10.0 Å². The van der Waals surface area contributed by atoms with Gasteiger partial charge in [-0.05, 0) is 49.9 Å². The van der Waals surface area contributed by atoms with E-state index in [1.165, 1.54) is 6.42 Å². The van der Waals surface area contributed by atoms with Gasteiger partial charge in [-0.2, -0.15) is 0 Å². The maximum Gasteiger partial charge on any atom is 0.225 e. The smallest absolute Gasteiger partial charge is 0.225 e. The highest BCUT2D eigenvalue weighted by molar-refractivity contribution is 7.89. The van der Waals surface area contributed by atoms with E-state index in [0.717, 1.165) is 32.1 Å². The molecule has 0 heterocycles. The maximum absolute atomic E-state index is 12.2. The van der Waals surface area contributed by atoms with Gasteiger partial charge in [0.2, 0.25) is 15.9 Å². The SMILES string of the molecule is NC1C2CCC(C2)C1C(=O)NCCS(=O)(=O)NCC1CCC1. The zero-order valence-corrected chi connectivity index (χ0v) is 13.8. The van der Waals surface area contributed by atoms with E-state index in [1.54, 1.807) is 0 Å². The molecule has 0 aromatic heterocycles. The predicted molar refractivity (Wildman–Crippen MR) is 84.4 cm³/mol. The Hall–Kier alpha value is -0.660. The quantitative estimate of drug-likeness (QED) is 0.621. The van der Waals surface area contributed by atoms with Gasteiger partial charge in [0.15, 0.2) is 0 Å². The van der Waals surface area contributed by atoms with E-state index in [9.17, 15) is 13.2 Å². The van der Waals surface area contributed by atoms with Crippen molar-refractivity contribution in [1.82, 2.24) is 10.0 Å². The standard InChI is InChI=1S/C15H27N3O3S/c16-14-12-5-4-11(8-12)13(14)15(19)17-6-7-22(20,21)18-9-10-2-1-3-10/h10-14,18H,1-9,16H2,(H,17,19). The highest BCUT2D eigenvalue weighted by Gasteiger charge is 2.48. The highest BCUT2D eigenvalue weighted by Crippen LogP contribution is 2.47. The summed E-state index contributed by atoms with van der Waals surface area (Å²) in [7, 11) is -3.29. The fraction of sp³-hybridized carbons (Fsp3) is 0.933. The van der Waals surface area contributed by atoms with Gasteiger partial charge in [-0.15, -0.1) is 0 Å². The number of nitrogens with two attached hydrogens (primary N) is 1. The summed E-state index contributed by atoms with van der Waals surface area (Å²) in [6.07, 6.45) is 6.70. The van der Waals surface area contributed by atoms with Crippen LogP contribution < -0.4 is 15.8 Å². The average molecular weight is 329 g/mol. The summed E-state index contributed by atoms with van der Waals surface area (Å²) in [5.41, 5.74) is 6.13. The number of hydrogen-bond acceptors (Lipinski definition) is 4. The molecule has 126 valence electrons. The largest absolute Gasteiger partial charge is 0.355 e. The molecule has 1 amide bonds. The number of nitrogens with one attached hydrogen (secondary N) is 2. The van der Waals surface area contributed by atoms with E-state index in [0.29, 0.717) is 24.3 Å². The van der Waals surface area contributed by atoms with E-state index in [2.05, 4.69) is 10.0 Å². The fourth-order valence-electron chi connectivity index (χ4n) is 4.17. The molecule has 0 aromatic carbocycles. The second-order valence-electron chi connectivity index (χ2n) is 7.19. The molecule has 4 unspecified atom stereocenters. The molecule has 2 bridgehead atoms. The third kappa shape index (κ3) is 3.46. The molecule has 6 nitrogen and oxygen atoms in total. The summed E-state index contributed by atoms with van der Waals surface area (Å²) in [4.78, 5) is 12.2. The molecule has 7 heteroatoms. The number of amides is 1. The van der Waals surface area contributed by atoms with Crippen LogP contribution in [-0.2, 0) is 14.8 Å². The molecule has 0 spiro atoms. The monoisotopic (exact) mass is 329 g/mol. The van der Waals surface area contributed by atoms with E-state index in [-0.39, 0.29) is 30.2 Å². The lowest BCUT2D eigenvalue weighted by atomic mass is 9.84. The van der Waals surface area contributed by atoms with Gasteiger partial charge in [0.25, 0.3) is 0 Å². The summed E-state index contributed by atoms with van der Waals surface area (Å²) in [5, 5.41) is 2.77. The molecule has 3 aliphatic carbocycles. The lowest BCUT2D eigenvalue weighted by molar-refractivity contribution is -0.126. The maximum atomic E-state index is 12.2. The molecule has 3 rings (SSSR count). The van der Waals surface area contributed by atoms with Gasteiger partial charge in [0.1, 0.15) is 0 Å². The van der Waals surface area contributed by atoms with Crippen molar-refractivity contribution in [3.8, 4) is 0 Å². The molecule has 4 atom stereocenters. The summed E-state index contributed by atoms with van der Waals surface area (Å²) >= 11 is 0. The third-order valence-electron chi connectivity index (χ3n) is 5.77. The normalized spacial score (nSPS) is 34.6. The van der Waals surface area contributed by atoms with Crippen molar-refractivity contribution in [1.29, 1.82) is 0 Å². The highest BCUT2D eigenvalue weighted by atomic mass is 32.2. The Kier molecular flexibility index (Phi) is 4.75. The van der Waals surface area contributed by atoms with Crippen molar-refractivity contribution in [3.05, 3.63) is 0 Å². The van der Waals surface area contributed by atoms with Gasteiger partial charge in [-0.3, -0.25) is 4.79 Å². The zero-order valence-electron chi connectivity index (χ0n) is 13.0. The van der Waals surface area contributed by atoms with Gasteiger partial charge >= 0.3 is 0 Å². The predicted octanol–water partition coefficient (Wildman–Crippen LogP) is 0.196. The van der Waals surface area contributed by atoms with Crippen LogP contribution in [0.1, 0.15) is 38.5 Å². The number of hydrogen-bond donors (Lipinski definition) is 3. The Bertz CT molecular complexity index is 516. The number of sulfonamides is 1. The van der Waals surface area contributed by atoms with E-state index >= 15 is 0 Å². The average Bonchev–Trinajstić information content (AvgIpc) is 2.96. The molecule has 3 fully saturated rings. The van der Waals surface area contributed by atoms with Crippen molar-refractivity contribution in [2.24, 2.45) is 29.4 Å². The minimum absolute atomic E-state index is 0.0490. The van der Waals surface area contributed by atoms with Gasteiger partial charge in [0.05, 0.1) is 11.7 Å². The summed E-state index contributed by atoms with van der Waals surface area (Å²) in [6.45, 7) is 0.701. The molecule has 0 aliphatic heterocycles. The minimum atomic E-state index is -3.29. The topological polar surface area (TPSA) is 101 Å². The van der Waals surface area contributed by atoms with Gasteiger partial charge in [-0.25, -0.2) is 13.1 Å². The van der Waals surface area contributed by atoms with Crippen LogP contribution in [0.15, 0.2) is 0 Å². The molecule has 0 saturated heterocycles. The summed E-state index contributed by atoms with van der Waals surface area (Å²) < 4.78 is 26.4. The minimum Gasteiger partial charge on any atom is -0.355 e. The number of carbonyl (C=O) groups is 1. The fourth-order valence-corrected chi connectivity index (χ4v) is 5.17. The van der Waals surface area contributed by atoms with Crippen LogP contribution >= 0.6 is 0 Å². The van der Waals surface area contributed by atoms with Crippen LogP contribution in [0, 0.1) is 23.7 Å². The molecule has 3 aliphatic rings. The van der Waals surface area contributed by atoms with Crippen molar-refractivity contribution >= 4 is 15.9 Å². The number of fused-ring (bicyclic) bond motifs is 2. The Morgan fingerprint density at radius 2 is 1.86 bits per heavy atom. The van der Waals surface area contributed by atoms with E-state index in [1.807, 2.05) is 0 Å². The van der Waals surface area contributed by atoms with E-state index in [4.69, 9.17) is 5.73 Å². The molecule has 22 heavy (non-hydrogen) atoms. The molecule has 3 saturated carbocycles. The second-order valence-corrected chi connectivity index (χ2v) is 9.12. The number of rotatable bonds is 7. The Labute approximate surface area is 132 Å². The van der Waals surface area contributed by atoms with Gasteiger partial charge in [0, 0.05) is 19.1 Å². The van der Waals surface area contributed by atoms with Crippen molar-refractivity contribution < 1.29 is 13.2 Å². The summed E-state index contributed by atoms with van der Waals surface area (Å²) in [5.74, 6) is 1.14. The first-order chi connectivity index (χ1) is 10.5.